The smallest absolute Gasteiger partial charge is 0.0392 e. The van der Waals surface area contributed by atoms with Crippen molar-refractivity contribution in [1.29, 1.82) is 0 Å². The summed E-state index contributed by atoms with van der Waals surface area (Å²) in [7, 11) is 0. The average Bonchev–Trinajstić information content (AvgIpc) is 1.86. The highest BCUT2D eigenvalue weighted by molar-refractivity contribution is 6.31. The van der Waals surface area contributed by atoms with E-state index in [0.29, 0.717) is 0 Å². The number of allylic oxidation sites excluding steroid dienone is 6. The van der Waals surface area contributed by atoms with Crippen LogP contribution in [-0.4, -0.2) is 0 Å². The van der Waals surface area contributed by atoms with Crippen molar-refractivity contribution in [2.24, 2.45) is 0 Å². The predicted octanol–water partition coefficient (Wildman–Crippen LogP) is 4.04. The molecule has 0 aromatic heterocycles. The van der Waals surface area contributed by atoms with Crippen molar-refractivity contribution in [1.82, 2.24) is 0 Å². The minimum absolute atomic E-state index is 0.822. The molecule has 0 spiro atoms. The maximum atomic E-state index is 5.86. The molecule has 0 atom stereocenters. The third-order valence-corrected chi connectivity index (χ3v) is 1.65. The van der Waals surface area contributed by atoms with Crippen molar-refractivity contribution in [3.05, 3.63) is 34.4 Å². The Bertz CT molecular complexity index is 199. The number of hydrogen-bond acceptors (Lipinski definition) is 0. The summed E-state index contributed by atoms with van der Waals surface area (Å²) in [5.41, 5.74) is 2.42. The van der Waals surface area contributed by atoms with E-state index in [9.17, 15) is 0 Å². The Morgan fingerprint density at radius 2 is 1.64 bits per heavy atom. The van der Waals surface area contributed by atoms with Crippen LogP contribution in [-0.2, 0) is 0 Å². The highest BCUT2D eigenvalue weighted by Gasteiger charge is 1.85. The number of halogens is 1. The molecule has 0 aliphatic carbocycles. The van der Waals surface area contributed by atoms with Crippen LogP contribution in [0.15, 0.2) is 34.4 Å². The van der Waals surface area contributed by atoms with E-state index >= 15 is 0 Å². The van der Waals surface area contributed by atoms with E-state index < -0.39 is 0 Å². The maximum Gasteiger partial charge on any atom is 0.0392 e. The fourth-order valence-electron chi connectivity index (χ4n) is 0.492. The van der Waals surface area contributed by atoms with Crippen molar-refractivity contribution in [2.75, 3.05) is 0 Å². The zero-order valence-corrected chi connectivity index (χ0v) is 8.37. The van der Waals surface area contributed by atoms with Crippen molar-refractivity contribution < 1.29 is 0 Å². The van der Waals surface area contributed by atoms with Gasteiger partial charge in [0.05, 0.1) is 0 Å². The topological polar surface area (TPSA) is 0 Å². The summed E-state index contributed by atoms with van der Waals surface area (Å²) in [6, 6.07) is 0. The molecule has 0 heterocycles. The zero-order valence-electron chi connectivity index (χ0n) is 7.61. The second kappa shape index (κ2) is 5.20. The van der Waals surface area contributed by atoms with Crippen molar-refractivity contribution in [3.63, 3.8) is 0 Å². The molecule has 0 aliphatic heterocycles. The van der Waals surface area contributed by atoms with Crippen LogP contribution in [0.4, 0.5) is 0 Å². The first-order chi connectivity index (χ1) is 5.04. The Morgan fingerprint density at radius 1 is 1.09 bits per heavy atom. The van der Waals surface area contributed by atoms with Gasteiger partial charge in [-0.3, -0.25) is 0 Å². The van der Waals surface area contributed by atoms with Gasteiger partial charge in [-0.15, -0.1) is 0 Å². The van der Waals surface area contributed by atoms with E-state index in [1.807, 2.05) is 32.1 Å². The summed E-state index contributed by atoms with van der Waals surface area (Å²) >= 11 is 5.86. The Morgan fingerprint density at radius 3 is 2.00 bits per heavy atom. The fraction of sp³-hybridized carbons (Fsp3) is 0.400. The Balaban J connectivity index is 4.16. The zero-order chi connectivity index (χ0) is 8.85. The van der Waals surface area contributed by atoms with Gasteiger partial charge in [0.15, 0.2) is 0 Å². The predicted molar refractivity (Wildman–Crippen MR) is 52.8 cm³/mol. The van der Waals surface area contributed by atoms with Gasteiger partial charge in [0.2, 0.25) is 0 Å². The summed E-state index contributed by atoms with van der Waals surface area (Å²) < 4.78 is 0. The van der Waals surface area contributed by atoms with Gasteiger partial charge in [0.1, 0.15) is 0 Å². The van der Waals surface area contributed by atoms with Gasteiger partial charge in [-0.1, -0.05) is 34.9 Å². The summed E-state index contributed by atoms with van der Waals surface area (Å²) in [4.78, 5) is 0. The molecule has 0 rings (SSSR count). The lowest BCUT2D eigenvalue weighted by Gasteiger charge is -1.90. The third-order valence-electron chi connectivity index (χ3n) is 1.15. The molecule has 0 amide bonds. The second-order valence-corrected chi connectivity index (χ2v) is 3.36. The Kier molecular flexibility index (Phi) is 4.97. The molecule has 62 valence electrons. The minimum atomic E-state index is 0.822. The van der Waals surface area contributed by atoms with Crippen LogP contribution in [0.5, 0.6) is 0 Å². The third kappa shape index (κ3) is 5.93. The van der Waals surface area contributed by atoms with Gasteiger partial charge in [0.25, 0.3) is 0 Å². The van der Waals surface area contributed by atoms with Crippen LogP contribution >= 0.6 is 11.6 Å². The fourth-order valence-corrected chi connectivity index (χ4v) is 0.564. The van der Waals surface area contributed by atoms with Gasteiger partial charge < -0.3 is 0 Å². The van der Waals surface area contributed by atoms with Gasteiger partial charge in [-0.25, -0.2) is 0 Å². The molecule has 11 heavy (non-hydrogen) atoms. The maximum absolute atomic E-state index is 5.86. The molecule has 1 heteroatoms. The number of hydrogen-bond donors (Lipinski definition) is 0. The first kappa shape index (κ1) is 10.5. The number of rotatable bonds is 2. The van der Waals surface area contributed by atoms with Crippen LogP contribution in [0.2, 0.25) is 0 Å². The highest BCUT2D eigenvalue weighted by Crippen LogP contribution is 2.09. The van der Waals surface area contributed by atoms with Crippen LogP contribution in [0.25, 0.3) is 0 Å². The molecule has 0 nitrogen and oxygen atoms in total. The van der Waals surface area contributed by atoms with E-state index in [2.05, 4.69) is 13.8 Å². The van der Waals surface area contributed by atoms with Crippen LogP contribution in [0.3, 0.4) is 0 Å². The van der Waals surface area contributed by atoms with Gasteiger partial charge >= 0.3 is 0 Å². The molecule has 0 aromatic carbocycles. The van der Waals surface area contributed by atoms with E-state index in [1.54, 1.807) is 0 Å². The summed E-state index contributed by atoms with van der Waals surface area (Å²) in [5.74, 6) is 0. The van der Waals surface area contributed by atoms with Gasteiger partial charge in [0, 0.05) is 5.03 Å². The summed E-state index contributed by atoms with van der Waals surface area (Å²) in [6.07, 6.45) is 5.90. The van der Waals surface area contributed by atoms with Gasteiger partial charge in [-0.2, -0.15) is 0 Å². The Labute approximate surface area is 74.3 Å². The normalized spacial score (nSPS) is 9.91. The monoisotopic (exact) mass is 170 g/mol. The van der Waals surface area contributed by atoms with Gasteiger partial charge in [-0.05, 0) is 33.8 Å². The highest BCUT2D eigenvalue weighted by atomic mass is 35.5. The largest absolute Gasteiger partial charge is 0.0844 e. The van der Waals surface area contributed by atoms with Crippen molar-refractivity contribution >= 4 is 11.6 Å². The SMILES string of the molecule is CC(C)=C/C=C/C(Cl)=C(C)C. The first-order valence-electron chi connectivity index (χ1n) is 3.68. The van der Waals surface area contributed by atoms with Crippen LogP contribution in [0, 0.1) is 0 Å². The molecule has 0 aliphatic rings. The molecule has 0 saturated heterocycles. The lowest BCUT2D eigenvalue weighted by molar-refractivity contribution is 1.37. The standard InChI is InChI=1S/C10H15Cl/c1-8(2)6-5-7-10(11)9(3)4/h5-7H,1-4H3/b7-5+. The van der Waals surface area contributed by atoms with Crippen LogP contribution < -0.4 is 0 Å². The molecule has 0 N–H and O–H groups in total. The molecular formula is C10H15Cl. The first-order valence-corrected chi connectivity index (χ1v) is 4.06. The molecule has 0 bridgehead atoms. The second-order valence-electron chi connectivity index (χ2n) is 2.95. The van der Waals surface area contributed by atoms with E-state index in [0.717, 1.165) is 10.6 Å². The van der Waals surface area contributed by atoms with Crippen LogP contribution in [0.1, 0.15) is 27.7 Å². The van der Waals surface area contributed by atoms with E-state index in [-0.39, 0.29) is 0 Å². The molecule has 0 saturated carbocycles. The lowest BCUT2D eigenvalue weighted by atomic mass is 10.2. The molecule has 0 radical (unpaired) electrons. The molecule has 0 fully saturated rings. The summed E-state index contributed by atoms with van der Waals surface area (Å²) in [6.45, 7) is 8.10. The summed E-state index contributed by atoms with van der Waals surface area (Å²) in [5, 5.41) is 0.822. The lowest BCUT2D eigenvalue weighted by Crippen LogP contribution is -1.68. The molecular weight excluding hydrogens is 156 g/mol. The quantitative estimate of drug-likeness (QED) is 0.549. The van der Waals surface area contributed by atoms with E-state index in [1.165, 1.54) is 5.57 Å². The van der Waals surface area contributed by atoms with Crippen molar-refractivity contribution in [2.45, 2.75) is 27.7 Å². The van der Waals surface area contributed by atoms with E-state index in [4.69, 9.17) is 11.6 Å². The van der Waals surface area contributed by atoms with Crippen molar-refractivity contribution in [3.8, 4) is 0 Å². The minimum Gasteiger partial charge on any atom is -0.0844 e. The molecule has 0 aromatic rings. The molecule has 0 unspecified atom stereocenters. The average molecular weight is 171 g/mol. The Hall–Kier alpha value is -0.490.